The summed E-state index contributed by atoms with van der Waals surface area (Å²) in [6.07, 6.45) is 1.59. The van der Waals surface area contributed by atoms with Gasteiger partial charge in [0.2, 0.25) is 0 Å². The molecule has 0 aliphatic rings. The molecule has 3 aromatic carbocycles. The lowest BCUT2D eigenvalue weighted by molar-refractivity contribution is 0.474. The van der Waals surface area contributed by atoms with Crippen LogP contribution in [0.2, 0.25) is 5.02 Å². The molecule has 4 rings (SSSR count). The van der Waals surface area contributed by atoms with Gasteiger partial charge in [-0.15, -0.1) is 0 Å². The highest BCUT2D eigenvalue weighted by molar-refractivity contribution is 6.30. The Hall–Kier alpha value is -3.11. The van der Waals surface area contributed by atoms with Gasteiger partial charge in [-0.1, -0.05) is 23.7 Å². The van der Waals surface area contributed by atoms with Gasteiger partial charge in [0.05, 0.1) is 16.7 Å². The van der Waals surface area contributed by atoms with Crippen LogP contribution in [0, 0.1) is 0 Å². The van der Waals surface area contributed by atoms with Gasteiger partial charge in [0, 0.05) is 22.4 Å². The highest BCUT2D eigenvalue weighted by Crippen LogP contribution is 2.24. The summed E-state index contributed by atoms with van der Waals surface area (Å²) in [6, 6.07) is 20.5. The van der Waals surface area contributed by atoms with Crippen LogP contribution in [-0.4, -0.2) is 21.3 Å². The molecule has 0 aliphatic carbocycles. The number of aromatic hydroxyl groups is 1. The Morgan fingerprint density at radius 3 is 2.60 bits per heavy atom. The number of para-hydroxylation sites is 2. The smallest absolute Gasteiger partial charge is 0.138 e. The highest BCUT2D eigenvalue weighted by atomic mass is 35.5. The molecule has 0 unspecified atom stereocenters. The number of phenols is 1. The van der Waals surface area contributed by atoms with E-state index in [2.05, 4.69) is 15.0 Å². The van der Waals surface area contributed by atoms with Crippen LogP contribution in [0.4, 0.5) is 5.69 Å². The molecule has 1 heterocycles. The number of H-pyrrole nitrogens is 1. The lowest BCUT2D eigenvalue weighted by Gasteiger charge is -2.00. The Balaban J connectivity index is 1.59. The molecule has 0 atom stereocenters. The normalized spacial score (nSPS) is 11.4. The summed E-state index contributed by atoms with van der Waals surface area (Å²) in [7, 11) is 0. The second-order valence-electron chi connectivity index (χ2n) is 5.61. The maximum absolute atomic E-state index is 9.81. The Morgan fingerprint density at radius 2 is 1.80 bits per heavy atom. The quantitative estimate of drug-likeness (QED) is 0.491. The van der Waals surface area contributed by atoms with Gasteiger partial charge in [-0.2, -0.15) is 0 Å². The first kappa shape index (κ1) is 15.4. The van der Waals surface area contributed by atoms with E-state index in [9.17, 15) is 5.11 Å². The largest absolute Gasteiger partial charge is 0.507 e. The lowest BCUT2D eigenvalue weighted by atomic mass is 10.2. The number of benzene rings is 3. The van der Waals surface area contributed by atoms with Crippen molar-refractivity contribution in [2.24, 2.45) is 4.99 Å². The number of hydrogen-bond acceptors (Lipinski definition) is 3. The summed E-state index contributed by atoms with van der Waals surface area (Å²) in [5.41, 5.74) is 4.29. The number of hydrogen-bond donors (Lipinski definition) is 2. The zero-order valence-corrected chi connectivity index (χ0v) is 13.9. The van der Waals surface area contributed by atoms with Crippen LogP contribution in [0.5, 0.6) is 5.75 Å². The molecule has 0 saturated carbocycles. The fraction of sp³-hybridized carbons (Fsp3) is 0. The van der Waals surface area contributed by atoms with Gasteiger partial charge in [0.1, 0.15) is 11.6 Å². The molecular formula is C20H14ClN3O. The summed E-state index contributed by atoms with van der Waals surface area (Å²) in [6.45, 7) is 0. The zero-order chi connectivity index (χ0) is 17.2. The first-order valence-corrected chi connectivity index (χ1v) is 8.14. The molecular weight excluding hydrogens is 334 g/mol. The van der Waals surface area contributed by atoms with Crippen molar-refractivity contribution in [3.05, 3.63) is 77.3 Å². The predicted octanol–water partition coefficient (Wildman–Crippen LogP) is 5.34. The first-order chi connectivity index (χ1) is 12.2. The topological polar surface area (TPSA) is 61.3 Å². The van der Waals surface area contributed by atoms with Crippen LogP contribution in [-0.2, 0) is 0 Å². The van der Waals surface area contributed by atoms with Gasteiger partial charge in [-0.25, -0.2) is 4.98 Å². The van der Waals surface area contributed by atoms with E-state index in [0.717, 1.165) is 28.1 Å². The molecule has 0 spiro atoms. The molecule has 5 heteroatoms. The molecule has 0 bridgehead atoms. The minimum Gasteiger partial charge on any atom is -0.507 e. The molecule has 25 heavy (non-hydrogen) atoms. The van der Waals surface area contributed by atoms with E-state index in [0.29, 0.717) is 10.6 Å². The van der Waals surface area contributed by atoms with Gasteiger partial charge >= 0.3 is 0 Å². The molecule has 122 valence electrons. The maximum Gasteiger partial charge on any atom is 0.138 e. The van der Waals surface area contributed by atoms with Crippen molar-refractivity contribution in [3.8, 4) is 17.1 Å². The summed E-state index contributed by atoms with van der Waals surface area (Å²) < 4.78 is 0. The molecule has 0 fully saturated rings. The summed E-state index contributed by atoms with van der Waals surface area (Å²) in [5, 5.41) is 10.4. The van der Waals surface area contributed by atoms with E-state index < -0.39 is 0 Å². The minimum absolute atomic E-state index is 0.145. The van der Waals surface area contributed by atoms with Gasteiger partial charge in [-0.05, 0) is 54.6 Å². The zero-order valence-electron chi connectivity index (χ0n) is 13.1. The number of nitrogens with one attached hydrogen (secondary N) is 1. The molecule has 0 aliphatic heterocycles. The van der Waals surface area contributed by atoms with Crippen molar-refractivity contribution in [2.45, 2.75) is 0 Å². The number of rotatable bonds is 3. The van der Waals surface area contributed by atoms with Crippen LogP contribution >= 0.6 is 11.6 Å². The summed E-state index contributed by atoms with van der Waals surface area (Å²) in [4.78, 5) is 12.3. The number of aromatic amines is 1. The van der Waals surface area contributed by atoms with Crippen molar-refractivity contribution in [1.82, 2.24) is 9.97 Å². The van der Waals surface area contributed by atoms with Gasteiger partial charge in [0.25, 0.3) is 0 Å². The van der Waals surface area contributed by atoms with Crippen LogP contribution in [0.3, 0.4) is 0 Å². The van der Waals surface area contributed by atoms with E-state index in [4.69, 9.17) is 11.6 Å². The number of aliphatic imine (C=N–C) groups is 1. The van der Waals surface area contributed by atoms with Crippen molar-refractivity contribution in [1.29, 1.82) is 0 Å². The van der Waals surface area contributed by atoms with E-state index in [1.807, 2.05) is 48.5 Å². The minimum atomic E-state index is 0.145. The maximum atomic E-state index is 9.81. The molecule has 0 amide bonds. The summed E-state index contributed by atoms with van der Waals surface area (Å²) in [5.74, 6) is 0.969. The second kappa shape index (κ2) is 6.42. The van der Waals surface area contributed by atoms with Crippen LogP contribution in [0.1, 0.15) is 5.56 Å². The van der Waals surface area contributed by atoms with E-state index in [-0.39, 0.29) is 5.75 Å². The third-order valence-corrected chi connectivity index (χ3v) is 4.11. The third kappa shape index (κ3) is 3.25. The molecule has 1 aromatic heterocycles. The van der Waals surface area contributed by atoms with Crippen molar-refractivity contribution >= 4 is 34.5 Å². The molecule has 4 nitrogen and oxygen atoms in total. The fourth-order valence-electron chi connectivity index (χ4n) is 2.57. The SMILES string of the molecule is Oc1ccc(Cl)cc1C=Nc1ccc(-c2nc3ccccc3[nH]2)cc1. The van der Waals surface area contributed by atoms with Crippen molar-refractivity contribution in [2.75, 3.05) is 0 Å². The summed E-state index contributed by atoms with van der Waals surface area (Å²) >= 11 is 5.94. The number of nitrogens with zero attached hydrogens (tertiary/aromatic N) is 2. The first-order valence-electron chi connectivity index (χ1n) is 7.77. The third-order valence-electron chi connectivity index (χ3n) is 3.87. The number of phenolic OH excluding ortho intramolecular Hbond substituents is 1. The van der Waals surface area contributed by atoms with Crippen LogP contribution < -0.4 is 0 Å². The average molecular weight is 348 g/mol. The monoisotopic (exact) mass is 347 g/mol. The van der Waals surface area contributed by atoms with Gasteiger partial charge in [0.15, 0.2) is 0 Å². The van der Waals surface area contributed by atoms with Crippen LogP contribution in [0.25, 0.3) is 22.4 Å². The average Bonchev–Trinajstić information content (AvgIpc) is 3.07. The fourth-order valence-corrected chi connectivity index (χ4v) is 2.75. The Kier molecular flexibility index (Phi) is 3.96. The number of fused-ring (bicyclic) bond motifs is 1. The predicted molar refractivity (Wildman–Crippen MR) is 102 cm³/mol. The van der Waals surface area contributed by atoms with E-state index in [1.165, 1.54) is 0 Å². The molecule has 4 aromatic rings. The Morgan fingerprint density at radius 1 is 1.00 bits per heavy atom. The van der Waals surface area contributed by atoms with E-state index in [1.54, 1.807) is 24.4 Å². The molecule has 0 radical (unpaired) electrons. The van der Waals surface area contributed by atoms with E-state index >= 15 is 0 Å². The lowest BCUT2D eigenvalue weighted by Crippen LogP contribution is -1.82. The van der Waals surface area contributed by atoms with Gasteiger partial charge < -0.3 is 10.1 Å². The Bertz CT molecular complexity index is 1030. The van der Waals surface area contributed by atoms with Crippen LogP contribution in [0.15, 0.2) is 71.7 Å². The standard InChI is InChI=1S/C20H14ClN3O/c21-15-7-10-19(25)14(11-15)12-22-16-8-5-13(6-9-16)20-23-17-3-1-2-4-18(17)24-20/h1-12,25H,(H,23,24). The molecule has 2 N–H and O–H groups in total. The Labute approximate surface area is 149 Å². The van der Waals surface area contributed by atoms with Gasteiger partial charge in [-0.3, -0.25) is 4.99 Å². The number of aromatic nitrogens is 2. The number of halogens is 1. The van der Waals surface area contributed by atoms with Crippen molar-refractivity contribution < 1.29 is 5.11 Å². The molecule has 0 saturated heterocycles. The number of imidazole rings is 1. The second-order valence-corrected chi connectivity index (χ2v) is 6.05. The highest BCUT2D eigenvalue weighted by Gasteiger charge is 2.04. The van der Waals surface area contributed by atoms with Crippen molar-refractivity contribution in [3.63, 3.8) is 0 Å².